The topological polar surface area (TPSA) is 67.2 Å². The molecule has 1 saturated heterocycles. The third kappa shape index (κ3) is 2.51. The number of anilines is 2. The van der Waals surface area contributed by atoms with Gasteiger partial charge in [-0.1, -0.05) is 0 Å². The van der Waals surface area contributed by atoms with Crippen molar-refractivity contribution < 1.29 is 4.74 Å². The average Bonchev–Trinajstić information content (AvgIpc) is 2.86. The van der Waals surface area contributed by atoms with Gasteiger partial charge in [0.15, 0.2) is 0 Å². The molecule has 0 radical (unpaired) electrons. The largest absolute Gasteiger partial charge is 0.397 e. The van der Waals surface area contributed by atoms with E-state index in [9.17, 15) is 0 Å². The lowest BCUT2D eigenvalue weighted by molar-refractivity contribution is 0.0216. The number of nitrogens with one attached hydrogen (secondary N) is 1. The molecule has 5 heteroatoms. The molecule has 0 saturated carbocycles. The number of nitrogens with two attached hydrogens (primary N) is 1. The molecule has 1 aliphatic rings. The maximum Gasteiger partial charge on any atom is 0.0749 e. The summed E-state index contributed by atoms with van der Waals surface area (Å²) in [6.07, 6.45) is 5.68. The van der Waals surface area contributed by atoms with Crippen molar-refractivity contribution >= 4 is 22.3 Å². The number of fused-ring (bicyclic) bond motifs is 1. The highest BCUT2D eigenvalue weighted by molar-refractivity contribution is 5.88. The molecule has 5 nitrogen and oxygen atoms in total. The standard InChI is InChI=1S/C14H20N4O/c1-18(9-11-4-2-3-5-19-11)14-7-13-10(6-12(14)15)8-16-17-13/h6-8,11H,2-5,9,15H2,1H3,(H,16,17). The van der Waals surface area contributed by atoms with E-state index in [2.05, 4.69) is 28.2 Å². The number of nitrogen functional groups attached to an aromatic ring is 1. The van der Waals surface area contributed by atoms with Gasteiger partial charge in [0.2, 0.25) is 0 Å². The normalized spacial score (nSPS) is 19.7. The van der Waals surface area contributed by atoms with E-state index >= 15 is 0 Å². The van der Waals surface area contributed by atoms with Crippen LogP contribution < -0.4 is 10.6 Å². The lowest BCUT2D eigenvalue weighted by atomic mass is 10.1. The summed E-state index contributed by atoms with van der Waals surface area (Å²) in [7, 11) is 2.06. The highest BCUT2D eigenvalue weighted by Crippen LogP contribution is 2.28. The van der Waals surface area contributed by atoms with Crippen molar-refractivity contribution in [1.29, 1.82) is 0 Å². The van der Waals surface area contributed by atoms with Crippen molar-refractivity contribution in [2.75, 3.05) is 30.8 Å². The Morgan fingerprint density at radius 2 is 2.37 bits per heavy atom. The van der Waals surface area contributed by atoms with Gasteiger partial charge in [0.1, 0.15) is 0 Å². The summed E-state index contributed by atoms with van der Waals surface area (Å²) >= 11 is 0. The van der Waals surface area contributed by atoms with Gasteiger partial charge in [0.05, 0.1) is 29.2 Å². The van der Waals surface area contributed by atoms with Gasteiger partial charge in [-0.25, -0.2) is 0 Å². The highest BCUT2D eigenvalue weighted by Gasteiger charge is 2.17. The molecule has 1 fully saturated rings. The van der Waals surface area contributed by atoms with Crippen LogP contribution in [0.3, 0.4) is 0 Å². The maximum absolute atomic E-state index is 6.13. The summed E-state index contributed by atoms with van der Waals surface area (Å²) in [4.78, 5) is 2.17. The van der Waals surface area contributed by atoms with Crippen LogP contribution in [0.5, 0.6) is 0 Å². The molecule has 102 valence electrons. The van der Waals surface area contributed by atoms with E-state index in [1.165, 1.54) is 12.8 Å². The van der Waals surface area contributed by atoms with Gasteiger partial charge in [-0.3, -0.25) is 5.10 Å². The first kappa shape index (κ1) is 12.3. The van der Waals surface area contributed by atoms with Gasteiger partial charge in [0, 0.05) is 25.6 Å². The SMILES string of the molecule is CN(CC1CCCCO1)c1cc2[nH]ncc2cc1N. The van der Waals surface area contributed by atoms with Gasteiger partial charge in [0.25, 0.3) is 0 Å². The van der Waals surface area contributed by atoms with E-state index in [0.717, 1.165) is 41.9 Å². The molecule has 1 aliphatic heterocycles. The van der Waals surface area contributed by atoms with Gasteiger partial charge in [-0.2, -0.15) is 5.10 Å². The van der Waals surface area contributed by atoms with Crippen molar-refractivity contribution in [2.24, 2.45) is 0 Å². The van der Waals surface area contributed by atoms with Crippen LogP contribution in [-0.4, -0.2) is 36.5 Å². The summed E-state index contributed by atoms with van der Waals surface area (Å²) in [5.74, 6) is 0. The van der Waals surface area contributed by atoms with Crippen LogP contribution in [0, 0.1) is 0 Å². The number of aromatic nitrogens is 2. The van der Waals surface area contributed by atoms with E-state index in [1.54, 1.807) is 6.20 Å². The zero-order valence-electron chi connectivity index (χ0n) is 11.2. The minimum Gasteiger partial charge on any atom is -0.397 e. The molecule has 0 bridgehead atoms. The van der Waals surface area contributed by atoms with Crippen LogP contribution in [-0.2, 0) is 4.74 Å². The molecule has 0 aliphatic carbocycles. The Bertz CT molecular complexity index is 560. The average molecular weight is 260 g/mol. The third-order valence-corrected chi connectivity index (χ3v) is 3.75. The Morgan fingerprint density at radius 1 is 1.47 bits per heavy atom. The fourth-order valence-corrected chi connectivity index (χ4v) is 2.68. The quantitative estimate of drug-likeness (QED) is 0.830. The zero-order valence-corrected chi connectivity index (χ0v) is 11.2. The maximum atomic E-state index is 6.13. The van der Waals surface area contributed by atoms with E-state index in [1.807, 2.05) is 6.07 Å². The van der Waals surface area contributed by atoms with Crippen molar-refractivity contribution in [2.45, 2.75) is 25.4 Å². The summed E-state index contributed by atoms with van der Waals surface area (Å²) in [5.41, 5.74) is 8.96. The monoisotopic (exact) mass is 260 g/mol. The molecule has 0 amide bonds. The number of likely N-dealkylation sites (N-methyl/N-ethyl adjacent to an activating group) is 1. The first-order valence-corrected chi connectivity index (χ1v) is 6.79. The second-order valence-electron chi connectivity index (χ2n) is 5.24. The predicted molar refractivity (Wildman–Crippen MR) is 77.4 cm³/mol. The number of nitrogens with zero attached hydrogens (tertiary/aromatic N) is 2. The number of rotatable bonds is 3. The number of hydrogen-bond acceptors (Lipinski definition) is 4. The number of aromatic amines is 1. The smallest absolute Gasteiger partial charge is 0.0749 e. The molecule has 1 atom stereocenters. The van der Waals surface area contributed by atoms with Crippen LogP contribution in [0.1, 0.15) is 19.3 Å². The van der Waals surface area contributed by atoms with Gasteiger partial charge < -0.3 is 15.4 Å². The van der Waals surface area contributed by atoms with Crippen LogP contribution in [0.15, 0.2) is 18.3 Å². The Kier molecular flexibility index (Phi) is 3.29. The van der Waals surface area contributed by atoms with Crippen LogP contribution >= 0.6 is 0 Å². The minimum atomic E-state index is 0.315. The van der Waals surface area contributed by atoms with Gasteiger partial charge in [-0.05, 0) is 31.4 Å². The Balaban J connectivity index is 1.79. The van der Waals surface area contributed by atoms with Gasteiger partial charge in [-0.15, -0.1) is 0 Å². The first-order valence-electron chi connectivity index (χ1n) is 6.79. The molecule has 0 spiro atoms. The molecule has 1 aromatic heterocycles. The predicted octanol–water partition coefficient (Wildman–Crippen LogP) is 2.15. The van der Waals surface area contributed by atoms with Crippen LogP contribution in [0.2, 0.25) is 0 Å². The number of benzene rings is 1. The Hall–Kier alpha value is -1.75. The fourth-order valence-electron chi connectivity index (χ4n) is 2.68. The summed E-state index contributed by atoms with van der Waals surface area (Å²) in [6.45, 7) is 1.76. The lowest BCUT2D eigenvalue weighted by Gasteiger charge is -2.29. The minimum absolute atomic E-state index is 0.315. The second-order valence-corrected chi connectivity index (χ2v) is 5.24. The summed E-state index contributed by atoms with van der Waals surface area (Å²) < 4.78 is 5.78. The molecule has 3 rings (SSSR count). The molecule has 3 N–H and O–H groups in total. The van der Waals surface area contributed by atoms with E-state index in [0.29, 0.717) is 6.10 Å². The molecular weight excluding hydrogens is 240 g/mol. The lowest BCUT2D eigenvalue weighted by Crippen LogP contribution is -2.33. The number of hydrogen-bond donors (Lipinski definition) is 2. The third-order valence-electron chi connectivity index (χ3n) is 3.75. The molecule has 1 unspecified atom stereocenters. The zero-order chi connectivity index (χ0) is 13.2. The van der Waals surface area contributed by atoms with Crippen LogP contribution in [0.4, 0.5) is 11.4 Å². The van der Waals surface area contributed by atoms with Gasteiger partial charge >= 0.3 is 0 Å². The van der Waals surface area contributed by atoms with E-state index in [-0.39, 0.29) is 0 Å². The molecular formula is C14H20N4O. The molecule has 1 aromatic carbocycles. The first-order chi connectivity index (χ1) is 9.24. The van der Waals surface area contributed by atoms with E-state index < -0.39 is 0 Å². The highest BCUT2D eigenvalue weighted by atomic mass is 16.5. The van der Waals surface area contributed by atoms with Crippen molar-refractivity contribution in [1.82, 2.24) is 10.2 Å². The Labute approximate surface area is 112 Å². The van der Waals surface area contributed by atoms with Crippen molar-refractivity contribution in [3.05, 3.63) is 18.3 Å². The number of ether oxygens (including phenoxy) is 1. The molecule has 19 heavy (non-hydrogen) atoms. The second kappa shape index (κ2) is 5.09. The summed E-state index contributed by atoms with van der Waals surface area (Å²) in [5, 5.41) is 8.06. The van der Waals surface area contributed by atoms with Crippen molar-refractivity contribution in [3.63, 3.8) is 0 Å². The van der Waals surface area contributed by atoms with E-state index in [4.69, 9.17) is 10.5 Å². The Morgan fingerprint density at radius 3 is 3.16 bits per heavy atom. The molecule has 2 heterocycles. The van der Waals surface area contributed by atoms with Crippen molar-refractivity contribution in [3.8, 4) is 0 Å². The fraction of sp³-hybridized carbons (Fsp3) is 0.500. The molecule has 2 aromatic rings. The summed E-state index contributed by atoms with van der Waals surface area (Å²) in [6, 6.07) is 4.02. The number of H-pyrrole nitrogens is 1. The van der Waals surface area contributed by atoms with Crippen LogP contribution in [0.25, 0.3) is 10.9 Å².